The molecule has 2 atom stereocenters. The van der Waals surface area contributed by atoms with E-state index in [4.69, 9.17) is 5.73 Å². The molecule has 1 aliphatic carbocycles. The maximum absolute atomic E-state index is 12.2. The topological polar surface area (TPSA) is 63.4 Å². The predicted octanol–water partition coefficient (Wildman–Crippen LogP) is 1.57. The summed E-state index contributed by atoms with van der Waals surface area (Å²) in [7, 11) is -3.03. The Hall–Kier alpha value is -0.130. The lowest BCUT2D eigenvalue weighted by molar-refractivity contribution is 0.136. The molecule has 1 saturated heterocycles. The van der Waals surface area contributed by atoms with Crippen molar-refractivity contribution in [2.24, 2.45) is 17.6 Å². The zero-order valence-electron chi connectivity index (χ0n) is 11.2. The van der Waals surface area contributed by atoms with Gasteiger partial charge in [-0.15, -0.1) is 0 Å². The molecule has 2 fully saturated rings. The van der Waals surface area contributed by atoms with Crippen LogP contribution in [0, 0.1) is 11.8 Å². The lowest BCUT2D eigenvalue weighted by Gasteiger charge is -2.40. The summed E-state index contributed by atoms with van der Waals surface area (Å²) in [5.41, 5.74) is 5.42. The van der Waals surface area contributed by atoms with E-state index in [9.17, 15) is 8.42 Å². The van der Waals surface area contributed by atoms with Crippen LogP contribution in [0.1, 0.15) is 44.9 Å². The fourth-order valence-electron chi connectivity index (χ4n) is 3.38. The molecule has 2 unspecified atom stereocenters. The van der Waals surface area contributed by atoms with Gasteiger partial charge in [-0.25, -0.2) is 12.7 Å². The Balaban J connectivity index is 1.89. The average molecular weight is 274 g/mol. The van der Waals surface area contributed by atoms with Gasteiger partial charge in [0.25, 0.3) is 0 Å². The average Bonchev–Trinajstić information content (AvgIpc) is 2.38. The maximum Gasteiger partial charge on any atom is 0.214 e. The largest absolute Gasteiger partial charge is 0.330 e. The van der Waals surface area contributed by atoms with E-state index in [1.807, 2.05) is 0 Å². The van der Waals surface area contributed by atoms with E-state index in [0.29, 0.717) is 18.9 Å². The van der Waals surface area contributed by atoms with Crippen LogP contribution >= 0.6 is 0 Å². The van der Waals surface area contributed by atoms with Crippen molar-refractivity contribution < 1.29 is 8.42 Å². The molecule has 4 nitrogen and oxygen atoms in total. The van der Waals surface area contributed by atoms with Crippen molar-refractivity contribution >= 4 is 10.0 Å². The van der Waals surface area contributed by atoms with Crippen molar-refractivity contribution in [3.63, 3.8) is 0 Å². The third-order valence-electron chi connectivity index (χ3n) is 4.50. The summed E-state index contributed by atoms with van der Waals surface area (Å²) in [5.74, 6) is 1.69. The first-order valence-electron chi connectivity index (χ1n) is 7.31. The SMILES string of the molecule is NCCCCS(=O)(=O)N1CCC2CCCCC2C1. The fraction of sp³-hybridized carbons (Fsp3) is 1.00. The highest BCUT2D eigenvalue weighted by Crippen LogP contribution is 2.36. The quantitative estimate of drug-likeness (QED) is 0.774. The number of nitrogens with two attached hydrogens (primary N) is 1. The Morgan fingerprint density at radius 2 is 1.78 bits per heavy atom. The van der Waals surface area contributed by atoms with Crippen LogP contribution in [0.25, 0.3) is 0 Å². The Morgan fingerprint density at radius 1 is 1.06 bits per heavy atom. The minimum absolute atomic E-state index is 0.279. The highest BCUT2D eigenvalue weighted by molar-refractivity contribution is 7.89. The van der Waals surface area contributed by atoms with E-state index in [1.54, 1.807) is 4.31 Å². The zero-order chi connectivity index (χ0) is 13.0. The van der Waals surface area contributed by atoms with Crippen LogP contribution in [0.5, 0.6) is 0 Å². The maximum atomic E-state index is 12.2. The second-order valence-electron chi connectivity index (χ2n) is 5.76. The third kappa shape index (κ3) is 3.45. The minimum Gasteiger partial charge on any atom is -0.330 e. The number of sulfonamides is 1. The number of nitrogens with zero attached hydrogens (tertiary/aromatic N) is 1. The summed E-state index contributed by atoms with van der Waals surface area (Å²) >= 11 is 0. The van der Waals surface area contributed by atoms with E-state index in [2.05, 4.69) is 0 Å². The summed E-state index contributed by atoms with van der Waals surface area (Å²) in [5, 5.41) is 0. The van der Waals surface area contributed by atoms with Gasteiger partial charge in [-0.05, 0) is 44.1 Å². The van der Waals surface area contributed by atoms with Crippen LogP contribution in [0.4, 0.5) is 0 Å². The third-order valence-corrected chi connectivity index (χ3v) is 6.43. The lowest BCUT2D eigenvalue weighted by atomic mass is 9.76. The molecule has 0 aromatic carbocycles. The molecule has 5 heteroatoms. The van der Waals surface area contributed by atoms with Crippen molar-refractivity contribution in [2.75, 3.05) is 25.4 Å². The Bertz CT molecular complexity index is 356. The summed E-state index contributed by atoms with van der Waals surface area (Å²) in [4.78, 5) is 0. The number of hydrogen-bond donors (Lipinski definition) is 1. The molecule has 106 valence electrons. The first-order valence-corrected chi connectivity index (χ1v) is 8.92. The van der Waals surface area contributed by atoms with Crippen molar-refractivity contribution in [3.05, 3.63) is 0 Å². The minimum atomic E-state index is -3.03. The van der Waals surface area contributed by atoms with E-state index in [1.165, 1.54) is 25.7 Å². The number of fused-ring (bicyclic) bond motifs is 1. The molecular weight excluding hydrogens is 248 g/mol. The monoisotopic (exact) mass is 274 g/mol. The van der Waals surface area contributed by atoms with Crippen molar-refractivity contribution in [2.45, 2.75) is 44.9 Å². The van der Waals surface area contributed by atoms with E-state index < -0.39 is 10.0 Å². The Labute approximate surface area is 111 Å². The number of hydrogen-bond acceptors (Lipinski definition) is 3. The van der Waals surface area contributed by atoms with Gasteiger partial charge in [0.05, 0.1) is 5.75 Å². The van der Waals surface area contributed by atoms with Crippen LogP contribution < -0.4 is 5.73 Å². The summed E-state index contributed by atoms with van der Waals surface area (Å²) in [6.45, 7) is 2.10. The van der Waals surface area contributed by atoms with Gasteiger partial charge < -0.3 is 5.73 Å². The highest BCUT2D eigenvalue weighted by atomic mass is 32.2. The second-order valence-corrected chi connectivity index (χ2v) is 7.85. The van der Waals surface area contributed by atoms with Crippen LogP contribution in [0.15, 0.2) is 0 Å². The summed E-state index contributed by atoms with van der Waals surface area (Å²) in [6, 6.07) is 0. The smallest absolute Gasteiger partial charge is 0.214 e. The first kappa shape index (κ1) is 14.3. The zero-order valence-corrected chi connectivity index (χ0v) is 12.0. The number of unbranched alkanes of at least 4 members (excludes halogenated alkanes) is 1. The second kappa shape index (κ2) is 6.35. The van der Waals surface area contributed by atoms with E-state index in [-0.39, 0.29) is 5.75 Å². The lowest BCUT2D eigenvalue weighted by Crippen LogP contribution is -2.45. The molecule has 0 aromatic heterocycles. The van der Waals surface area contributed by atoms with Crippen molar-refractivity contribution in [1.29, 1.82) is 0 Å². The fourth-order valence-corrected chi connectivity index (χ4v) is 5.01. The molecule has 1 heterocycles. The molecule has 1 aliphatic heterocycles. The first-order chi connectivity index (χ1) is 8.63. The predicted molar refractivity (Wildman–Crippen MR) is 73.7 cm³/mol. The van der Waals surface area contributed by atoms with Gasteiger partial charge in [0, 0.05) is 13.1 Å². The van der Waals surface area contributed by atoms with E-state index >= 15 is 0 Å². The standard InChI is InChI=1S/C13H26N2O2S/c14-8-3-4-10-18(16,17)15-9-7-12-5-1-2-6-13(12)11-15/h12-13H,1-11,14H2. The van der Waals surface area contributed by atoms with Crippen LogP contribution in [0.3, 0.4) is 0 Å². The van der Waals surface area contributed by atoms with Gasteiger partial charge in [-0.3, -0.25) is 0 Å². The molecule has 2 N–H and O–H groups in total. The number of piperidine rings is 1. The van der Waals surface area contributed by atoms with Gasteiger partial charge in [0.1, 0.15) is 0 Å². The summed E-state index contributed by atoms with van der Waals surface area (Å²) < 4.78 is 26.2. The molecular formula is C13H26N2O2S. The van der Waals surface area contributed by atoms with Crippen molar-refractivity contribution in [3.8, 4) is 0 Å². The molecule has 0 radical (unpaired) electrons. The molecule has 2 aliphatic rings. The molecule has 0 aromatic rings. The Morgan fingerprint density at radius 3 is 2.50 bits per heavy atom. The molecule has 2 rings (SSSR count). The molecule has 0 amide bonds. The van der Waals surface area contributed by atoms with Crippen LogP contribution in [0.2, 0.25) is 0 Å². The molecule has 0 bridgehead atoms. The van der Waals surface area contributed by atoms with E-state index in [0.717, 1.165) is 31.8 Å². The molecule has 1 saturated carbocycles. The van der Waals surface area contributed by atoms with Gasteiger partial charge in [-0.1, -0.05) is 19.3 Å². The van der Waals surface area contributed by atoms with Gasteiger partial charge in [0.2, 0.25) is 10.0 Å². The van der Waals surface area contributed by atoms with Gasteiger partial charge in [-0.2, -0.15) is 0 Å². The Kier molecular flexibility index (Phi) is 5.04. The molecule has 18 heavy (non-hydrogen) atoms. The molecule has 0 spiro atoms. The summed E-state index contributed by atoms with van der Waals surface area (Å²) in [6.07, 6.45) is 7.72. The number of rotatable bonds is 5. The highest BCUT2D eigenvalue weighted by Gasteiger charge is 2.35. The van der Waals surface area contributed by atoms with Gasteiger partial charge in [0.15, 0.2) is 0 Å². The van der Waals surface area contributed by atoms with Crippen LogP contribution in [-0.2, 0) is 10.0 Å². The van der Waals surface area contributed by atoms with Crippen molar-refractivity contribution in [1.82, 2.24) is 4.31 Å². The van der Waals surface area contributed by atoms with Gasteiger partial charge >= 0.3 is 0 Å². The normalized spacial score (nSPS) is 30.1. The van der Waals surface area contributed by atoms with Crippen LogP contribution in [-0.4, -0.2) is 38.1 Å².